The fraction of sp³-hybridized carbons (Fsp3) is 0.462. The highest BCUT2D eigenvalue weighted by Gasteiger charge is 2.37. The first-order chi connectivity index (χ1) is 11.1. The third-order valence-electron chi connectivity index (χ3n) is 4.09. The van der Waals surface area contributed by atoms with Crippen molar-refractivity contribution in [2.45, 2.75) is 18.8 Å². The molecule has 3 rings (SSSR count). The minimum atomic E-state index is -3.30. The van der Waals surface area contributed by atoms with Gasteiger partial charge in [-0.2, -0.15) is 4.31 Å². The molecule has 11 heteroatoms. The standard InChI is InChI=1S/C13H17BNO8S/c1-24(20,21)15-6-9(7-15)22-10-3-2-8-4-5-14(18,19)23-12(8)11(10)13(16)17/h2-3,9,18-19H,4-7H2,1H3,(H,16,17)/q-1. The second-order valence-electron chi connectivity index (χ2n) is 6.07. The van der Waals surface area contributed by atoms with Gasteiger partial charge in [0.05, 0.1) is 25.1 Å². The summed E-state index contributed by atoms with van der Waals surface area (Å²) in [5.41, 5.74) is 0.256. The lowest BCUT2D eigenvalue weighted by Gasteiger charge is -2.39. The fourth-order valence-corrected chi connectivity index (χ4v) is 3.63. The number of benzene rings is 1. The smallest absolute Gasteiger partial charge is 0.430 e. The van der Waals surface area contributed by atoms with Gasteiger partial charge in [-0.3, -0.25) is 0 Å². The van der Waals surface area contributed by atoms with Gasteiger partial charge < -0.3 is 24.5 Å². The molecule has 1 aromatic rings. The SMILES string of the molecule is CS(=O)(=O)N1CC(Oc2ccc3c(c2C(=O)O)O[B-](O)(O)CC3)C1. The van der Waals surface area contributed by atoms with Gasteiger partial charge in [0, 0.05) is 0 Å². The van der Waals surface area contributed by atoms with Crippen molar-refractivity contribution < 1.29 is 37.8 Å². The zero-order chi connectivity index (χ0) is 17.7. The molecule has 0 saturated carbocycles. The molecule has 1 saturated heterocycles. The van der Waals surface area contributed by atoms with E-state index in [0.717, 1.165) is 6.26 Å². The van der Waals surface area contributed by atoms with Gasteiger partial charge in [0.25, 0.3) is 0 Å². The van der Waals surface area contributed by atoms with Crippen LogP contribution in [0.3, 0.4) is 0 Å². The van der Waals surface area contributed by atoms with E-state index in [4.69, 9.17) is 9.39 Å². The molecule has 0 bridgehead atoms. The van der Waals surface area contributed by atoms with Crippen LogP contribution in [0.1, 0.15) is 15.9 Å². The maximum absolute atomic E-state index is 11.6. The van der Waals surface area contributed by atoms with E-state index >= 15 is 0 Å². The van der Waals surface area contributed by atoms with Gasteiger partial charge in [-0.25, -0.2) is 13.2 Å². The van der Waals surface area contributed by atoms with E-state index in [1.807, 2.05) is 0 Å². The molecule has 2 aliphatic rings. The molecule has 0 spiro atoms. The van der Waals surface area contributed by atoms with E-state index in [9.17, 15) is 28.4 Å². The summed E-state index contributed by atoms with van der Waals surface area (Å²) in [5, 5.41) is 28.8. The van der Waals surface area contributed by atoms with E-state index in [1.165, 1.54) is 10.4 Å². The van der Waals surface area contributed by atoms with Gasteiger partial charge in [0.2, 0.25) is 10.0 Å². The molecule has 1 fully saturated rings. The summed E-state index contributed by atoms with van der Waals surface area (Å²) >= 11 is 0. The molecular weight excluding hydrogens is 341 g/mol. The summed E-state index contributed by atoms with van der Waals surface area (Å²) in [6, 6.07) is 3.08. The van der Waals surface area contributed by atoms with Gasteiger partial charge >= 0.3 is 12.7 Å². The number of fused-ring (bicyclic) bond motifs is 1. The quantitative estimate of drug-likeness (QED) is 0.600. The zero-order valence-corrected chi connectivity index (χ0v) is 13.7. The first kappa shape index (κ1) is 17.0. The number of carboxylic acid groups (broad SMARTS) is 1. The number of carbonyl (C=O) groups is 1. The van der Waals surface area contributed by atoms with Crippen LogP contribution in [0.15, 0.2) is 12.1 Å². The zero-order valence-electron chi connectivity index (χ0n) is 12.9. The van der Waals surface area contributed by atoms with Gasteiger partial charge in [0.1, 0.15) is 17.4 Å². The number of ether oxygens (including phenoxy) is 1. The van der Waals surface area contributed by atoms with Gasteiger partial charge in [-0.05, 0) is 18.1 Å². The Bertz CT molecular complexity index is 787. The van der Waals surface area contributed by atoms with E-state index in [1.54, 1.807) is 6.07 Å². The number of rotatable bonds is 4. The Labute approximate surface area is 138 Å². The molecule has 0 aliphatic carbocycles. The van der Waals surface area contributed by atoms with Crippen molar-refractivity contribution in [2.24, 2.45) is 0 Å². The van der Waals surface area contributed by atoms with Crippen LogP contribution in [0.4, 0.5) is 0 Å². The van der Waals surface area contributed by atoms with Crippen molar-refractivity contribution in [2.75, 3.05) is 19.3 Å². The number of carboxylic acids is 1. The Kier molecular flexibility index (Phi) is 3.99. The van der Waals surface area contributed by atoms with Crippen LogP contribution >= 0.6 is 0 Å². The molecule has 3 N–H and O–H groups in total. The molecule has 0 radical (unpaired) electrons. The first-order valence-corrected chi connectivity index (χ1v) is 9.22. The number of nitrogens with zero attached hydrogens (tertiary/aromatic N) is 1. The lowest BCUT2D eigenvalue weighted by molar-refractivity contribution is 0.0632. The molecular formula is C13H17BNO8S-. The van der Waals surface area contributed by atoms with Gasteiger partial charge in [-0.1, -0.05) is 12.4 Å². The van der Waals surface area contributed by atoms with Gasteiger partial charge in [-0.15, -0.1) is 0 Å². The Morgan fingerprint density at radius 3 is 2.62 bits per heavy atom. The summed E-state index contributed by atoms with van der Waals surface area (Å²) < 4.78 is 34.6. The summed E-state index contributed by atoms with van der Waals surface area (Å²) in [6.45, 7) is -2.84. The van der Waals surface area contributed by atoms with Gasteiger partial charge in [0.15, 0.2) is 0 Å². The minimum absolute atomic E-state index is 0.00732. The highest BCUT2D eigenvalue weighted by molar-refractivity contribution is 7.88. The summed E-state index contributed by atoms with van der Waals surface area (Å²) in [4.78, 5) is 11.6. The lowest BCUT2D eigenvalue weighted by atomic mass is 9.70. The normalized spacial score (nSPS) is 20.6. The average molecular weight is 358 g/mol. The number of hydrogen-bond donors (Lipinski definition) is 3. The Morgan fingerprint density at radius 2 is 2.04 bits per heavy atom. The molecule has 9 nitrogen and oxygen atoms in total. The fourth-order valence-electron chi connectivity index (χ4n) is 2.76. The van der Waals surface area contributed by atoms with E-state index in [-0.39, 0.29) is 42.9 Å². The second kappa shape index (κ2) is 5.62. The molecule has 24 heavy (non-hydrogen) atoms. The first-order valence-electron chi connectivity index (χ1n) is 7.37. The molecule has 2 aliphatic heterocycles. The van der Waals surface area contributed by atoms with Crippen molar-refractivity contribution in [1.82, 2.24) is 4.31 Å². The largest absolute Gasteiger partial charge is 0.669 e. The van der Waals surface area contributed by atoms with Crippen molar-refractivity contribution in [1.29, 1.82) is 0 Å². The number of aryl methyl sites for hydroxylation is 1. The van der Waals surface area contributed by atoms with Crippen LogP contribution in [0.25, 0.3) is 0 Å². The van der Waals surface area contributed by atoms with Crippen molar-refractivity contribution >= 4 is 22.7 Å². The van der Waals surface area contributed by atoms with E-state index < -0.39 is 28.9 Å². The molecule has 0 aromatic heterocycles. The molecule has 0 amide bonds. The molecule has 0 atom stereocenters. The number of aromatic carboxylic acids is 1. The van der Waals surface area contributed by atoms with Crippen LogP contribution in [0.5, 0.6) is 11.5 Å². The van der Waals surface area contributed by atoms with E-state index in [2.05, 4.69) is 0 Å². The van der Waals surface area contributed by atoms with Crippen molar-refractivity contribution in [3.63, 3.8) is 0 Å². The second-order valence-corrected chi connectivity index (χ2v) is 8.05. The maximum Gasteiger partial charge on any atom is 0.430 e. The minimum Gasteiger partial charge on any atom is -0.669 e. The average Bonchev–Trinajstić information content (AvgIpc) is 2.38. The molecule has 132 valence electrons. The van der Waals surface area contributed by atoms with Crippen molar-refractivity contribution in [3.05, 3.63) is 23.3 Å². The third kappa shape index (κ3) is 3.20. The van der Waals surface area contributed by atoms with Crippen LogP contribution in [-0.2, 0) is 16.4 Å². The highest BCUT2D eigenvalue weighted by atomic mass is 32.2. The summed E-state index contributed by atoms with van der Waals surface area (Å²) in [5.74, 6) is -1.43. The number of sulfonamides is 1. The Balaban J connectivity index is 1.86. The monoisotopic (exact) mass is 358 g/mol. The lowest BCUT2D eigenvalue weighted by Crippen LogP contribution is -2.55. The maximum atomic E-state index is 11.6. The molecule has 2 heterocycles. The molecule has 1 aromatic carbocycles. The van der Waals surface area contributed by atoms with Crippen molar-refractivity contribution in [3.8, 4) is 11.5 Å². The van der Waals surface area contributed by atoms with E-state index in [0.29, 0.717) is 5.56 Å². The van der Waals surface area contributed by atoms with Crippen LogP contribution in [0, 0.1) is 0 Å². The topological polar surface area (TPSA) is 134 Å². The number of hydrogen-bond acceptors (Lipinski definition) is 7. The third-order valence-corrected chi connectivity index (χ3v) is 5.32. The van der Waals surface area contributed by atoms with Crippen LogP contribution < -0.4 is 9.39 Å². The summed E-state index contributed by atoms with van der Waals surface area (Å²) in [7, 11) is -3.30. The summed E-state index contributed by atoms with van der Waals surface area (Å²) in [6.07, 6.45) is 0.868. The highest BCUT2D eigenvalue weighted by Crippen LogP contribution is 2.39. The van der Waals surface area contributed by atoms with Crippen LogP contribution in [-0.4, -0.2) is 66.1 Å². The predicted octanol–water partition coefficient (Wildman–Crippen LogP) is -0.734. The van der Waals surface area contributed by atoms with Crippen LogP contribution in [0.2, 0.25) is 6.32 Å². The Hall–Kier alpha value is -1.82. The molecule has 0 unspecified atom stereocenters. The Morgan fingerprint density at radius 1 is 1.38 bits per heavy atom. The predicted molar refractivity (Wildman–Crippen MR) is 83.6 cm³/mol.